The standard InChI is InChI=1S/C20H32O4/c1-2-3-4-5-6-7-8-9-10-12-15-18(21)19(22)16-13-11-14-17-20(23)24/h6-7,9-10,12-13,15-16,18-19,21-22H,2-5,8,11,14,17H2,1H3,(H,23,24). The average molecular weight is 336 g/mol. The van der Waals surface area contributed by atoms with Crippen molar-refractivity contribution in [1.29, 1.82) is 0 Å². The predicted octanol–water partition coefficient (Wildman–Crippen LogP) is 4.16. The van der Waals surface area contributed by atoms with Gasteiger partial charge in [-0.2, -0.15) is 0 Å². The van der Waals surface area contributed by atoms with Crippen molar-refractivity contribution in [3.05, 3.63) is 48.6 Å². The highest BCUT2D eigenvalue weighted by Gasteiger charge is 2.08. The first kappa shape index (κ1) is 22.4. The number of aliphatic hydroxyl groups is 2. The summed E-state index contributed by atoms with van der Waals surface area (Å²) >= 11 is 0. The average Bonchev–Trinajstić information content (AvgIpc) is 2.55. The summed E-state index contributed by atoms with van der Waals surface area (Å²) in [4.78, 5) is 10.3. The monoisotopic (exact) mass is 336 g/mol. The van der Waals surface area contributed by atoms with E-state index >= 15 is 0 Å². The number of unbranched alkanes of at least 4 members (excludes halogenated alkanes) is 4. The topological polar surface area (TPSA) is 77.8 Å². The molecule has 24 heavy (non-hydrogen) atoms. The third kappa shape index (κ3) is 15.3. The van der Waals surface area contributed by atoms with Gasteiger partial charge in [-0.05, 0) is 32.1 Å². The maximum Gasteiger partial charge on any atom is 0.303 e. The second-order valence-corrected chi connectivity index (χ2v) is 5.71. The van der Waals surface area contributed by atoms with E-state index in [-0.39, 0.29) is 6.42 Å². The highest BCUT2D eigenvalue weighted by atomic mass is 16.4. The Hall–Kier alpha value is -1.65. The lowest BCUT2D eigenvalue weighted by Gasteiger charge is -2.09. The van der Waals surface area contributed by atoms with Gasteiger partial charge in [0.1, 0.15) is 12.2 Å². The van der Waals surface area contributed by atoms with Gasteiger partial charge >= 0.3 is 5.97 Å². The Kier molecular flexibility index (Phi) is 15.1. The van der Waals surface area contributed by atoms with Crippen molar-refractivity contribution in [3.63, 3.8) is 0 Å². The molecule has 0 radical (unpaired) electrons. The fourth-order valence-corrected chi connectivity index (χ4v) is 1.97. The molecule has 0 spiro atoms. The molecule has 136 valence electrons. The van der Waals surface area contributed by atoms with Gasteiger partial charge in [0.05, 0.1) is 0 Å². The molecule has 0 bridgehead atoms. The number of hydrogen-bond acceptors (Lipinski definition) is 3. The summed E-state index contributed by atoms with van der Waals surface area (Å²) in [5, 5.41) is 28.0. The minimum atomic E-state index is -0.974. The third-order valence-electron chi connectivity index (χ3n) is 3.41. The van der Waals surface area contributed by atoms with Gasteiger partial charge in [-0.1, -0.05) is 68.4 Å². The van der Waals surface area contributed by atoms with Crippen LogP contribution in [0.2, 0.25) is 0 Å². The second-order valence-electron chi connectivity index (χ2n) is 5.71. The van der Waals surface area contributed by atoms with Gasteiger partial charge in [0.2, 0.25) is 0 Å². The van der Waals surface area contributed by atoms with Gasteiger partial charge in [0.25, 0.3) is 0 Å². The van der Waals surface area contributed by atoms with Crippen molar-refractivity contribution < 1.29 is 20.1 Å². The van der Waals surface area contributed by atoms with E-state index in [4.69, 9.17) is 5.11 Å². The van der Waals surface area contributed by atoms with Gasteiger partial charge in [-0.25, -0.2) is 0 Å². The van der Waals surface area contributed by atoms with Gasteiger partial charge in [-0.3, -0.25) is 4.79 Å². The Balaban J connectivity index is 3.85. The molecule has 0 amide bonds. The van der Waals surface area contributed by atoms with Crippen LogP contribution in [-0.2, 0) is 4.79 Å². The number of allylic oxidation sites excluding steroid dienone is 6. The summed E-state index contributed by atoms with van der Waals surface area (Å²) in [5.41, 5.74) is 0. The Morgan fingerprint density at radius 2 is 1.58 bits per heavy atom. The van der Waals surface area contributed by atoms with E-state index in [1.807, 2.05) is 12.2 Å². The van der Waals surface area contributed by atoms with Crippen LogP contribution in [0.15, 0.2) is 48.6 Å². The van der Waals surface area contributed by atoms with E-state index < -0.39 is 18.2 Å². The molecule has 0 rings (SSSR count). The molecule has 0 aliphatic rings. The Morgan fingerprint density at radius 3 is 2.29 bits per heavy atom. The second kappa shape index (κ2) is 16.2. The van der Waals surface area contributed by atoms with Crippen molar-refractivity contribution in [2.45, 2.75) is 70.5 Å². The number of carboxylic acid groups (broad SMARTS) is 1. The molecule has 0 saturated heterocycles. The van der Waals surface area contributed by atoms with Crippen LogP contribution in [0.5, 0.6) is 0 Å². The molecule has 0 aliphatic carbocycles. The van der Waals surface area contributed by atoms with Crippen molar-refractivity contribution >= 4 is 5.97 Å². The van der Waals surface area contributed by atoms with E-state index in [0.717, 1.165) is 12.8 Å². The summed E-state index contributed by atoms with van der Waals surface area (Å²) in [6.07, 6.45) is 19.6. The molecule has 3 N–H and O–H groups in total. The van der Waals surface area contributed by atoms with E-state index in [1.165, 1.54) is 31.4 Å². The summed E-state index contributed by atoms with van der Waals surface area (Å²) < 4.78 is 0. The van der Waals surface area contributed by atoms with Crippen LogP contribution in [-0.4, -0.2) is 33.5 Å². The first-order chi connectivity index (χ1) is 11.6. The Labute approximate surface area is 145 Å². The molecule has 0 aromatic heterocycles. The quantitative estimate of drug-likeness (QED) is 0.253. The Morgan fingerprint density at radius 1 is 0.875 bits per heavy atom. The maximum absolute atomic E-state index is 10.3. The van der Waals surface area contributed by atoms with Crippen LogP contribution >= 0.6 is 0 Å². The van der Waals surface area contributed by atoms with Gasteiger partial charge < -0.3 is 15.3 Å². The van der Waals surface area contributed by atoms with Crippen molar-refractivity contribution in [1.82, 2.24) is 0 Å². The Bertz CT molecular complexity index is 421. The highest BCUT2D eigenvalue weighted by Crippen LogP contribution is 2.03. The highest BCUT2D eigenvalue weighted by molar-refractivity contribution is 5.66. The van der Waals surface area contributed by atoms with E-state index in [2.05, 4.69) is 19.1 Å². The smallest absolute Gasteiger partial charge is 0.303 e. The van der Waals surface area contributed by atoms with Crippen LogP contribution < -0.4 is 0 Å². The zero-order chi connectivity index (χ0) is 18.0. The molecular weight excluding hydrogens is 304 g/mol. The molecule has 4 nitrogen and oxygen atoms in total. The fraction of sp³-hybridized carbons (Fsp3) is 0.550. The van der Waals surface area contributed by atoms with Crippen LogP contribution in [0, 0.1) is 0 Å². The van der Waals surface area contributed by atoms with E-state index in [0.29, 0.717) is 12.8 Å². The van der Waals surface area contributed by atoms with Crippen molar-refractivity contribution in [2.24, 2.45) is 0 Å². The predicted molar refractivity (Wildman–Crippen MR) is 98.8 cm³/mol. The number of hydrogen-bond donors (Lipinski definition) is 3. The third-order valence-corrected chi connectivity index (χ3v) is 3.41. The molecule has 2 unspecified atom stereocenters. The molecular formula is C20H32O4. The first-order valence-corrected chi connectivity index (χ1v) is 8.80. The fourth-order valence-electron chi connectivity index (χ4n) is 1.97. The molecule has 0 saturated carbocycles. The SMILES string of the molecule is CCCCCC=CCC=CC=CC(O)C(O)C=CCCCC(=O)O. The van der Waals surface area contributed by atoms with Crippen LogP contribution in [0.4, 0.5) is 0 Å². The summed E-state index contributed by atoms with van der Waals surface area (Å²) in [7, 11) is 0. The number of carboxylic acids is 1. The molecule has 4 heteroatoms. The van der Waals surface area contributed by atoms with Gasteiger partial charge in [-0.15, -0.1) is 0 Å². The lowest BCUT2D eigenvalue weighted by atomic mass is 10.1. The van der Waals surface area contributed by atoms with Crippen LogP contribution in [0.3, 0.4) is 0 Å². The molecule has 0 heterocycles. The van der Waals surface area contributed by atoms with E-state index in [1.54, 1.807) is 12.2 Å². The molecule has 0 fully saturated rings. The first-order valence-electron chi connectivity index (χ1n) is 8.80. The summed E-state index contributed by atoms with van der Waals surface area (Å²) in [6.45, 7) is 2.19. The lowest BCUT2D eigenvalue weighted by molar-refractivity contribution is -0.137. The zero-order valence-corrected chi connectivity index (χ0v) is 14.7. The number of aliphatic hydroxyl groups excluding tert-OH is 2. The van der Waals surface area contributed by atoms with E-state index in [9.17, 15) is 15.0 Å². The maximum atomic E-state index is 10.3. The molecule has 2 atom stereocenters. The summed E-state index contributed by atoms with van der Waals surface area (Å²) in [6, 6.07) is 0. The van der Waals surface area contributed by atoms with Crippen molar-refractivity contribution in [2.75, 3.05) is 0 Å². The molecule has 0 aromatic rings. The normalized spacial score (nSPS) is 15.1. The molecule has 0 aliphatic heterocycles. The summed E-state index contributed by atoms with van der Waals surface area (Å²) in [5.74, 6) is -0.825. The zero-order valence-electron chi connectivity index (χ0n) is 14.7. The van der Waals surface area contributed by atoms with Crippen LogP contribution in [0.1, 0.15) is 58.3 Å². The number of rotatable bonds is 14. The minimum absolute atomic E-state index is 0.112. The van der Waals surface area contributed by atoms with Gasteiger partial charge in [0, 0.05) is 6.42 Å². The lowest BCUT2D eigenvalue weighted by Crippen LogP contribution is -2.20. The van der Waals surface area contributed by atoms with Gasteiger partial charge in [0.15, 0.2) is 0 Å². The van der Waals surface area contributed by atoms with Crippen molar-refractivity contribution in [3.8, 4) is 0 Å². The number of carbonyl (C=O) groups is 1. The van der Waals surface area contributed by atoms with Crippen LogP contribution in [0.25, 0.3) is 0 Å². The number of aliphatic carboxylic acids is 1. The minimum Gasteiger partial charge on any atom is -0.481 e. The largest absolute Gasteiger partial charge is 0.481 e. The molecule has 0 aromatic carbocycles.